The van der Waals surface area contributed by atoms with Crippen LogP contribution in [0.25, 0.3) is 0 Å². The summed E-state index contributed by atoms with van der Waals surface area (Å²) < 4.78 is 5.09. The van der Waals surface area contributed by atoms with Gasteiger partial charge in [0, 0.05) is 32.5 Å². The molecule has 1 saturated carbocycles. The van der Waals surface area contributed by atoms with Gasteiger partial charge in [0.1, 0.15) is 5.78 Å². The van der Waals surface area contributed by atoms with E-state index >= 15 is 0 Å². The molecule has 1 aliphatic carbocycles. The normalized spacial score (nSPS) is 22.4. The van der Waals surface area contributed by atoms with Crippen molar-refractivity contribution in [3.05, 3.63) is 0 Å². The highest BCUT2D eigenvalue weighted by atomic mass is 16.5. The molecule has 1 rings (SSSR count). The summed E-state index contributed by atoms with van der Waals surface area (Å²) in [5.74, 6) is 0.757. The lowest BCUT2D eigenvalue weighted by molar-refractivity contribution is -0.123. The molecule has 0 aliphatic heterocycles. The first-order chi connectivity index (χ1) is 7.77. The molecule has 3 nitrogen and oxygen atoms in total. The quantitative estimate of drug-likeness (QED) is 0.651. The zero-order chi connectivity index (χ0) is 11.8. The number of rotatable bonds is 6. The summed E-state index contributed by atoms with van der Waals surface area (Å²) >= 11 is 0. The Balaban J connectivity index is 2.38. The highest BCUT2D eigenvalue weighted by Crippen LogP contribution is 2.20. The van der Waals surface area contributed by atoms with Crippen molar-refractivity contribution < 1.29 is 9.53 Å². The van der Waals surface area contributed by atoms with Crippen molar-refractivity contribution >= 4 is 5.78 Å². The number of hydrogen-bond acceptors (Lipinski definition) is 3. The molecule has 1 atom stereocenters. The van der Waals surface area contributed by atoms with Crippen LogP contribution >= 0.6 is 0 Å². The Bertz CT molecular complexity index is 206. The number of hydrogen-bond donors (Lipinski definition) is 0. The van der Waals surface area contributed by atoms with E-state index in [4.69, 9.17) is 4.74 Å². The monoisotopic (exact) mass is 227 g/mol. The van der Waals surface area contributed by atoms with Crippen molar-refractivity contribution in [1.82, 2.24) is 4.90 Å². The van der Waals surface area contributed by atoms with Crippen LogP contribution in [0.4, 0.5) is 0 Å². The van der Waals surface area contributed by atoms with Crippen molar-refractivity contribution in [3.63, 3.8) is 0 Å². The van der Waals surface area contributed by atoms with E-state index in [2.05, 4.69) is 11.8 Å². The number of methoxy groups -OCH3 is 1. The number of ether oxygens (including phenoxy) is 1. The highest BCUT2D eigenvalue weighted by Gasteiger charge is 2.22. The number of ketones is 1. The third-order valence-electron chi connectivity index (χ3n) is 3.47. The predicted molar refractivity (Wildman–Crippen MR) is 65.6 cm³/mol. The summed E-state index contributed by atoms with van der Waals surface area (Å²) in [5, 5.41) is 0. The van der Waals surface area contributed by atoms with Crippen molar-refractivity contribution in [2.75, 3.05) is 33.4 Å². The van der Waals surface area contributed by atoms with Crippen LogP contribution in [0.1, 0.15) is 39.0 Å². The Labute approximate surface area is 99.1 Å². The van der Waals surface area contributed by atoms with Gasteiger partial charge in [0.15, 0.2) is 0 Å². The molecule has 0 aromatic carbocycles. The summed E-state index contributed by atoms with van der Waals surface area (Å²) in [4.78, 5) is 14.2. The summed E-state index contributed by atoms with van der Waals surface area (Å²) in [5.41, 5.74) is 0. The third-order valence-corrected chi connectivity index (χ3v) is 3.47. The van der Waals surface area contributed by atoms with E-state index in [-0.39, 0.29) is 5.92 Å². The van der Waals surface area contributed by atoms with Gasteiger partial charge in [-0.05, 0) is 19.4 Å². The first kappa shape index (κ1) is 13.7. The van der Waals surface area contributed by atoms with E-state index < -0.39 is 0 Å². The molecule has 1 unspecified atom stereocenters. The van der Waals surface area contributed by atoms with Crippen LogP contribution < -0.4 is 0 Å². The molecule has 16 heavy (non-hydrogen) atoms. The second-order valence-corrected chi connectivity index (χ2v) is 4.65. The minimum absolute atomic E-state index is 0.277. The molecule has 0 radical (unpaired) electrons. The first-order valence-corrected chi connectivity index (χ1v) is 6.52. The number of likely N-dealkylation sites (N-methyl/N-ethyl adjacent to an activating group) is 1. The number of carbonyl (C=O) groups excluding carboxylic acids is 1. The van der Waals surface area contributed by atoms with Crippen LogP contribution in [0.15, 0.2) is 0 Å². The van der Waals surface area contributed by atoms with Gasteiger partial charge >= 0.3 is 0 Å². The zero-order valence-corrected chi connectivity index (χ0v) is 10.7. The average Bonchev–Trinajstić information content (AvgIpc) is 2.50. The van der Waals surface area contributed by atoms with Gasteiger partial charge < -0.3 is 9.64 Å². The fraction of sp³-hybridized carbons (Fsp3) is 0.923. The van der Waals surface area contributed by atoms with Gasteiger partial charge in [-0.2, -0.15) is 0 Å². The summed E-state index contributed by atoms with van der Waals surface area (Å²) in [6.07, 6.45) is 5.43. The maximum atomic E-state index is 11.9. The molecule has 0 aromatic heterocycles. The molecule has 0 amide bonds. The molecule has 0 aromatic rings. The second-order valence-electron chi connectivity index (χ2n) is 4.65. The number of nitrogens with zero attached hydrogens (tertiary/aromatic N) is 1. The smallest absolute Gasteiger partial charge is 0.137 e. The Morgan fingerprint density at radius 2 is 2.19 bits per heavy atom. The van der Waals surface area contributed by atoms with E-state index in [1.54, 1.807) is 7.11 Å². The maximum Gasteiger partial charge on any atom is 0.137 e. The van der Waals surface area contributed by atoms with E-state index in [0.717, 1.165) is 45.5 Å². The number of Topliss-reactive ketones (excluding diaryl/α,β-unsaturated/α-hetero) is 1. The Kier molecular flexibility index (Phi) is 6.65. The summed E-state index contributed by atoms with van der Waals surface area (Å²) in [6.45, 7) is 5.79. The Hall–Kier alpha value is -0.410. The first-order valence-electron chi connectivity index (χ1n) is 6.52. The molecule has 0 heterocycles. The largest absolute Gasteiger partial charge is 0.383 e. The minimum atomic E-state index is 0.277. The Morgan fingerprint density at radius 3 is 2.88 bits per heavy atom. The van der Waals surface area contributed by atoms with Gasteiger partial charge in [0.05, 0.1) is 6.61 Å². The Morgan fingerprint density at radius 1 is 1.38 bits per heavy atom. The lowest BCUT2D eigenvalue weighted by Crippen LogP contribution is -2.35. The fourth-order valence-corrected chi connectivity index (χ4v) is 2.34. The van der Waals surface area contributed by atoms with Crippen molar-refractivity contribution in [1.29, 1.82) is 0 Å². The lowest BCUT2D eigenvalue weighted by atomic mass is 9.98. The maximum absolute atomic E-state index is 11.9. The second kappa shape index (κ2) is 7.80. The fourth-order valence-electron chi connectivity index (χ4n) is 2.34. The van der Waals surface area contributed by atoms with Crippen LogP contribution in [-0.2, 0) is 9.53 Å². The topological polar surface area (TPSA) is 29.5 Å². The highest BCUT2D eigenvalue weighted by molar-refractivity contribution is 5.81. The van der Waals surface area contributed by atoms with Crippen LogP contribution in [0.3, 0.4) is 0 Å². The average molecular weight is 227 g/mol. The molecule has 0 N–H and O–H groups in total. The molecule has 0 spiro atoms. The van der Waals surface area contributed by atoms with E-state index in [0.29, 0.717) is 5.78 Å². The molecule has 3 heteroatoms. The van der Waals surface area contributed by atoms with E-state index in [9.17, 15) is 4.79 Å². The van der Waals surface area contributed by atoms with Gasteiger partial charge in [0.2, 0.25) is 0 Å². The van der Waals surface area contributed by atoms with Crippen LogP contribution in [0.5, 0.6) is 0 Å². The molecule has 1 aliphatic rings. The van der Waals surface area contributed by atoms with Crippen LogP contribution in [0.2, 0.25) is 0 Å². The summed E-state index contributed by atoms with van der Waals surface area (Å²) in [6, 6.07) is 0. The molecule has 94 valence electrons. The third kappa shape index (κ3) is 4.62. The molecule has 0 bridgehead atoms. The number of carbonyl (C=O) groups is 1. The van der Waals surface area contributed by atoms with Crippen molar-refractivity contribution in [3.8, 4) is 0 Å². The minimum Gasteiger partial charge on any atom is -0.383 e. The van der Waals surface area contributed by atoms with Crippen molar-refractivity contribution in [2.24, 2.45) is 5.92 Å². The standard InChI is InChI=1S/C13H25NO2/c1-3-14(9-10-16-2)11-12-7-5-4-6-8-13(12)15/h12H,3-11H2,1-2H3. The van der Waals surface area contributed by atoms with E-state index in [1.807, 2.05) is 0 Å². The zero-order valence-electron chi connectivity index (χ0n) is 10.7. The lowest BCUT2D eigenvalue weighted by Gasteiger charge is -2.24. The summed E-state index contributed by atoms with van der Waals surface area (Å²) in [7, 11) is 1.73. The molecular formula is C13H25NO2. The van der Waals surface area contributed by atoms with Gasteiger partial charge in [-0.25, -0.2) is 0 Å². The van der Waals surface area contributed by atoms with Gasteiger partial charge in [-0.1, -0.05) is 19.8 Å². The van der Waals surface area contributed by atoms with Crippen molar-refractivity contribution in [2.45, 2.75) is 39.0 Å². The molecule has 1 fully saturated rings. The molecule has 0 saturated heterocycles. The van der Waals surface area contributed by atoms with E-state index in [1.165, 1.54) is 12.8 Å². The SMILES string of the molecule is CCN(CCOC)CC1CCCCCC1=O. The van der Waals surface area contributed by atoms with Gasteiger partial charge in [-0.3, -0.25) is 4.79 Å². The van der Waals surface area contributed by atoms with Gasteiger partial charge in [0.25, 0.3) is 0 Å². The van der Waals surface area contributed by atoms with Crippen LogP contribution in [0, 0.1) is 5.92 Å². The predicted octanol–water partition coefficient (Wildman–Crippen LogP) is 2.10. The van der Waals surface area contributed by atoms with Gasteiger partial charge in [-0.15, -0.1) is 0 Å². The molecular weight excluding hydrogens is 202 g/mol. The van der Waals surface area contributed by atoms with Crippen LogP contribution in [-0.4, -0.2) is 44.0 Å².